The molecule has 1 aliphatic heterocycles. The molecular weight excluding hydrogens is 262 g/mol. The van der Waals surface area contributed by atoms with E-state index in [0.29, 0.717) is 16.2 Å². The topological polar surface area (TPSA) is 75.9 Å². The zero-order valence-electron chi connectivity index (χ0n) is 9.83. The number of thioether (sulfide) groups is 1. The van der Waals surface area contributed by atoms with E-state index >= 15 is 0 Å². The van der Waals surface area contributed by atoms with Gasteiger partial charge in [0, 0.05) is 11.1 Å². The molecule has 0 saturated heterocycles. The van der Waals surface area contributed by atoms with Gasteiger partial charge in [0.15, 0.2) is 10.7 Å². The van der Waals surface area contributed by atoms with Crippen molar-refractivity contribution < 1.29 is 0 Å². The van der Waals surface area contributed by atoms with Gasteiger partial charge in [-0.25, -0.2) is 0 Å². The normalized spacial score (nSPS) is 15.3. The molecule has 4 rings (SSSR count). The van der Waals surface area contributed by atoms with E-state index in [1.54, 1.807) is 11.8 Å². The molecule has 0 amide bonds. The van der Waals surface area contributed by atoms with Crippen molar-refractivity contribution in [2.75, 3.05) is 12.3 Å². The monoisotopic (exact) mass is 271 g/mol. The van der Waals surface area contributed by atoms with Crippen LogP contribution in [0.15, 0.2) is 34.1 Å². The maximum absolute atomic E-state index is 12.3. The first-order valence-corrected chi connectivity index (χ1v) is 6.87. The largest absolute Gasteiger partial charge is 0.301 e. The van der Waals surface area contributed by atoms with Gasteiger partial charge < -0.3 is 0 Å². The molecule has 0 radical (unpaired) electrons. The number of nitrogens with one attached hydrogen (secondary N) is 1. The van der Waals surface area contributed by atoms with E-state index in [4.69, 9.17) is 0 Å². The Balaban J connectivity index is 2.11. The van der Waals surface area contributed by atoms with Gasteiger partial charge in [0.05, 0.1) is 17.6 Å². The molecule has 7 heteroatoms. The lowest BCUT2D eigenvalue weighted by molar-refractivity contribution is 0.926. The average molecular weight is 271 g/mol. The second-order valence-electron chi connectivity index (χ2n) is 4.21. The van der Waals surface area contributed by atoms with Crippen molar-refractivity contribution in [1.82, 2.24) is 20.0 Å². The summed E-state index contributed by atoms with van der Waals surface area (Å²) < 4.78 is 1.46. The predicted octanol–water partition coefficient (Wildman–Crippen LogP) is 1.22. The fourth-order valence-corrected chi connectivity index (χ4v) is 2.98. The van der Waals surface area contributed by atoms with Crippen LogP contribution < -0.4 is 5.56 Å². The summed E-state index contributed by atoms with van der Waals surface area (Å²) in [6, 6.07) is 7.62. The van der Waals surface area contributed by atoms with Crippen molar-refractivity contribution in [3.05, 3.63) is 34.6 Å². The number of H-pyrrole nitrogens is 1. The molecule has 0 spiro atoms. The van der Waals surface area contributed by atoms with E-state index < -0.39 is 0 Å². The molecule has 0 atom stereocenters. The van der Waals surface area contributed by atoms with Gasteiger partial charge >= 0.3 is 5.56 Å². The van der Waals surface area contributed by atoms with Crippen molar-refractivity contribution in [2.45, 2.75) is 0 Å². The first-order chi connectivity index (χ1) is 9.34. The van der Waals surface area contributed by atoms with E-state index in [9.17, 15) is 4.79 Å². The first-order valence-electron chi connectivity index (χ1n) is 5.88. The Morgan fingerprint density at radius 1 is 1.26 bits per heavy atom. The predicted molar refractivity (Wildman–Crippen MR) is 75.8 cm³/mol. The van der Waals surface area contributed by atoms with Crippen LogP contribution >= 0.6 is 11.8 Å². The van der Waals surface area contributed by atoms with Crippen LogP contribution in [-0.2, 0) is 0 Å². The fourth-order valence-electron chi connectivity index (χ4n) is 2.18. The summed E-state index contributed by atoms with van der Waals surface area (Å²) in [4.78, 5) is 16.6. The molecule has 3 heterocycles. The van der Waals surface area contributed by atoms with Gasteiger partial charge in [-0.2, -0.15) is 4.68 Å². The van der Waals surface area contributed by atoms with Crippen LogP contribution in [0.4, 0.5) is 0 Å². The Bertz CT molecular complexity index is 879. The minimum Gasteiger partial charge on any atom is -0.286 e. The number of aromatic amines is 1. The summed E-state index contributed by atoms with van der Waals surface area (Å²) in [5.41, 5.74) is 1.64. The number of hydrogen-bond donors (Lipinski definition) is 1. The van der Waals surface area contributed by atoms with Crippen molar-refractivity contribution in [1.29, 1.82) is 0 Å². The van der Waals surface area contributed by atoms with Crippen LogP contribution in [0.1, 0.15) is 0 Å². The van der Waals surface area contributed by atoms with Crippen LogP contribution in [-0.4, -0.2) is 37.4 Å². The molecule has 6 nitrogen and oxygen atoms in total. The van der Waals surface area contributed by atoms with E-state index in [0.717, 1.165) is 23.2 Å². The molecular formula is C12H9N5OS. The summed E-state index contributed by atoms with van der Waals surface area (Å²) in [5.74, 6) is 0.906. The highest BCUT2D eigenvalue weighted by Gasteiger charge is 2.17. The van der Waals surface area contributed by atoms with Crippen molar-refractivity contribution in [3.63, 3.8) is 0 Å². The van der Waals surface area contributed by atoms with E-state index in [1.165, 1.54) is 4.68 Å². The third kappa shape index (κ3) is 1.51. The SMILES string of the molecule is O=c1c2nnc3ccccc3c2[nH]n1C1=NCCS1. The zero-order valence-corrected chi connectivity index (χ0v) is 10.6. The van der Waals surface area contributed by atoms with Crippen molar-refractivity contribution >= 4 is 38.9 Å². The van der Waals surface area contributed by atoms with E-state index in [2.05, 4.69) is 20.3 Å². The second-order valence-corrected chi connectivity index (χ2v) is 5.27. The molecule has 1 N–H and O–H groups in total. The molecule has 3 aromatic rings. The number of benzene rings is 1. The Labute approximate surface area is 111 Å². The van der Waals surface area contributed by atoms with Gasteiger partial charge in [-0.15, -0.1) is 10.2 Å². The number of nitrogens with zero attached hydrogens (tertiary/aromatic N) is 4. The number of fused-ring (bicyclic) bond motifs is 3. The highest BCUT2D eigenvalue weighted by Crippen LogP contribution is 2.19. The Morgan fingerprint density at radius 2 is 2.16 bits per heavy atom. The summed E-state index contributed by atoms with van der Waals surface area (Å²) in [6.45, 7) is 0.744. The van der Waals surface area contributed by atoms with Gasteiger partial charge in [0.1, 0.15) is 0 Å². The lowest BCUT2D eigenvalue weighted by atomic mass is 10.2. The standard InChI is InChI=1S/C12H9N5OS/c18-11-10-9(16-17(11)12-13-5-6-19-12)7-3-1-2-4-8(7)14-15-10/h1-4,16H,5-6H2. The highest BCUT2D eigenvalue weighted by atomic mass is 32.2. The third-order valence-corrected chi connectivity index (χ3v) is 4.01. The smallest absolute Gasteiger partial charge is 0.286 e. The van der Waals surface area contributed by atoms with Crippen molar-refractivity contribution in [3.8, 4) is 0 Å². The molecule has 0 saturated carbocycles. The highest BCUT2D eigenvalue weighted by molar-refractivity contribution is 8.14. The number of rotatable bonds is 0. The quantitative estimate of drug-likeness (QED) is 0.667. The van der Waals surface area contributed by atoms with Gasteiger partial charge in [-0.05, 0) is 6.07 Å². The lowest BCUT2D eigenvalue weighted by Gasteiger charge is -1.97. The Hall–Kier alpha value is -2.15. The summed E-state index contributed by atoms with van der Waals surface area (Å²) in [7, 11) is 0. The molecule has 2 aromatic heterocycles. The number of aliphatic imine (C=N–C) groups is 1. The van der Waals surface area contributed by atoms with Crippen LogP contribution in [0.3, 0.4) is 0 Å². The maximum Gasteiger partial charge on any atom is 0.301 e. The zero-order chi connectivity index (χ0) is 12.8. The molecule has 0 aliphatic carbocycles. The van der Waals surface area contributed by atoms with Gasteiger partial charge in [0.2, 0.25) is 0 Å². The number of hydrogen-bond acceptors (Lipinski definition) is 5. The molecule has 0 fully saturated rings. The second kappa shape index (κ2) is 3.92. The fraction of sp³-hybridized carbons (Fsp3) is 0.167. The first kappa shape index (κ1) is 10.7. The molecule has 19 heavy (non-hydrogen) atoms. The van der Waals surface area contributed by atoms with Gasteiger partial charge in [-0.1, -0.05) is 30.0 Å². The maximum atomic E-state index is 12.3. The minimum atomic E-state index is -0.193. The lowest BCUT2D eigenvalue weighted by Crippen LogP contribution is -2.22. The van der Waals surface area contributed by atoms with Gasteiger partial charge in [-0.3, -0.25) is 14.9 Å². The Morgan fingerprint density at radius 3 is 3.00 bits per heavy atom. The summed E-state index contributed by atoms with van der Waals surface area (Å²) in [6.07, 6.45) is 0. The third-order valence-electron chi connectivity index (χ3n) is 3.06. The minimum absolute atomic E-state index is 0.193. The number of aromatic nitrogens is 4. The van der Waals surface area contributed by atoms with Crippen LogP contribution in [0.2, 0.25) is 0 Å². The summed E-state index contributed by atoms with van der Waals surface area (Å²) >= 11 is 1.56. The van der Waals surface area contributed by atoms with E-state index in [-0.39, 0.29) is 5.56 Å². The molecule has 1 aliphatic rings. The average Bonchev–Trinajstić information content (AvgIpc) is 3.07. The van der Waals surface area contributed by atoms with Crippen LogP contribution in [0.5, 0.6) is 0 Å². The van der Waals surface area contributed by atoms with Crippen LogP contribution in [0.25, 0.3) is 21.9 Å². The van der Waals surface area contributed by atoms with E-state index in [1.807, 2.05) is 24.3 Å². The van der Waals surface area contributed by atoms with Crippen molar-refractivity contribution in [2.24, 2.45) is 4.99 Å². The Kier molecular flexibility index (Phi) is 2.22. The van der Waals surface area contributed by atoms with Crippen LogP contribution in [0, 0.1) is 0 Å². The molecule has 94 valence electrons. The molecule has 0 unspecified atom stereocenters. The van der Waals surface area contributed by atoms with Gasteiger partial charge in [0.25, 0.3) is 0 Å². The molecule has 1 aromatic carbocycles. The molecule has 0 bridgehead atoms. The summed E-state index contributed by atoms with van der Waals surface area (Å²) in [5, 5.41) is 12.8.